The Hall–Kier alpha value is -4.25. The van der Waals surface area contributed by atoms with Gasteiger partial charge in [-0.3, -0.25) is 13.9 Å². The summed E-state index contributed by atoms with van der Waals surface area (Å²) < 4.78 is 45.3. The lowest BCUT2D eigenvalue weighted by molar-refractivity contribution is -0.140. The van der Waals surface area contributed by atoms with Crippen molar-refractivity contribution in [3.05, 3.63) is 78.4 Å². The number of sulfonamides is 1. The van der Waals surface area contributed by atoms with Crippen molar-refractivity contribution in [2.75, 3.05) is 38.7 Å². The molecule has 1 N–H and O–H groups in total. The fourth-order valence-electron chi connectivity index (χ4n) is 4.37. The van der Waals surface area contributed by atoms with Crippen LogP contribution in [0.3, 0.4) is 0 Å². The molecule has 0 aliphatic carbocycles. The van der Waals surface area contributed by atoms with Crippen LogP contribution < -0.4 is 23.8 Å². The number of ether oxygens (including phenoxy) is 3. The predicted molar refractivity (Wildman–Crippen MR) is 157 cm³/mol. The van der Waals surface area contributed by atoms with Crippen molar-refractivity contribution in [2.45, 2.75) is 37.8 Å². The number of rotatable bonds is 14. The van der Waals surface area contributed by atoms with E-state index in [9.17, 15) is 18.0 Å². The van der Waals surface area contributed by atoms with Crippen LogP contribution in [0.15, 0.2) is 77.7 Å². The molecule has 41 heavy (non-hydrogen) atoms. The molecule has 3 aromatic carbocycles. The highest BCUT2D eigenvalue weighted by Gasteiger charge is 2.33. The number of amides is 2. The normalized spacial score (nSPS) is 11.7. The van der Waals surface area contributed by atoms with Crippen molar-refractivity contribution in [2.24, 2.45) is 0 Å². The Morgan fingerprint density at radius 3 is 2.12 bits per heavy atom. The van der Waals surface area contributed by atoms with Gasteiger partial charge in [0, 0.05) is 19.7 Å². The Balaban J connectivity index is 2.09. The summed E-state index contributed by atoms with van der Waals surface area (Å²) in [7, 11) is 0.0794. The molecular formula is C30H37N3O7S. The zero-order chi connectivity index (χ0) is 30.0. The van der Waals surface area contributed by atoms with Crippen LogP contribution in [0.1, 0.15) is 25.8 Å². The molecule has 0 aliphatic rings. The Morgan fingerprint density at radius 2 is 1.56 bits per heavy atom. The summed E-state index contributed by atoms with van der Waals surface area (Å²) in [6.45, 7) is 3.66. The van der Waals surface area contributed by atoms with Gasteiger partial charge >= 0.3 is 0 Å². The van der Waals surface area contributed by atoms with E-state index in [0.29, 0.717) is 24.5 Å². The van der Waals surface area contributed by atoms with Gasteiger partial charge in [0.25, 0.3) is 10.0 Å². The lowest BCUT2D eigenvalue weighted by atomic mass is 10.1. The van der Waals surface area contributed by atoms with Gasteiger partial charge in [-0.1, -0.05) is 37.3 Å². The van der Waals surface area contributed by atoms with Gasteiger partial charge < -0.3 is 24.4 Å². The Bertz CT molecular complexity index is 1410. The van der Waals surface area contributed by atoms with Crippen LogP contribution in [0.2, 0.25) is 0 Å². The van der Waals surface area contributed by atoms with Gasteiger partial charge in [-0.25, -0.2) is 8.42 Å². The number of nitrogens with one attached hydrogen (secondary N) is 1. The molecule has 0 fully saturated rings. The van der Waals surface area contributed by atoms with Crippen LogP contribution in [0.25, 0.3) is 0 Å². The molecule has 0 aliphatic heterocycles. The summed E-state index contributed by atoms with van der Waals surface area (Å²) >= 11 is 0. The first kappa shape index (κ1) is 31.3. The van der Waals surface area contributed by atoms with E-state index in [1.54, 1.807) is 31.2 Å². The van der Waals surface area contributed by atoms with Crippen molar-refractivity contribution in [1.29, 1.82) is 0 Å². The minimum atomic E-state index is -4.29. The number of methoxy groups -OCH3 is 2. The molecule has 3 aromatic rings. The molecular weight excluding hydrogens is 546 g/mol. The second-order valence-corrected chi connectivity index (χ2v) is 10.9. The maximum absolute atomic E-state index is 14.1. The first-order chi connectivity index (χ1) is 19.7. The summed E-state index contributed by atoms with van der Waals surface area (Å²) in [5, 5.41) is 2.62. The Kier molecular flexibility index (Phi) is 11.0. The van der Waals surface area contributed by atoms with Crippen LogP contribution in [0.5, 0.6) is 17.2 Å². The van der Waals surface area contributed by atoms with E-state index in [-0.39, 0.29) is 28.8 Å². The maximum Gasteiger partial charge on any atom is 0.264 e. The van der Waals surface area contributed by atoms with Crippen molar-refractivity contribution in [1.82, 2.24) is 10.2 Å². The molecule has 10 nitrogen and oxygen atoms in total. The molecule has 3 rings (SSSR count). The van der Waals surface area contributed by atoms with Crippen molar-refractivity contribution in [3.8, 4) is 17.2 Å². The fourth-order valence-corrected chi connectivity index (χ4v) is 5.80. The van der Waals surface area contributed by atoms with Crippen LogP contribution in [0, 0.1) is 0 Å². The summed E-state index contributed by atoms with van der Waals surface area (Å²) in [6.07, 6.45) is 0.337. The van der Waals surface area contributed by atoms with E-state index in [0.717, 1.165) is 9.87 Å². The van der Waals surface area contributed by atoms with Gasteiger partial charge in [-0.05, 0) is 55.3 Å². The minimum absolute atomic E-state index is 0.0928. The van der Waals surface area contributed by atoms with Gasteiger partial charge in [-0.15, -0.1) is 0 Å². The third-order valence-corrected chi connectivity index (χ3v) is 8.26. The number of hydrogen-bond donors (Lipinski definition) is 1. The van der Waals surface area contributed by atoms with Crippen molar-refractivity contribution >= 4 is 27.5 Å². The highest BCUT2D eigenvalue weighted by Crippen LogP contribution is 2.33. The van der Waals surface area contributed by atoms with E-state index >= 15 is 0 Å². The molecule has 0 unspecified atom stereocenters. The molecule has 2 amide bonds. The predicted octanol–water partition coefficient (Wildman–Crippen LogP) is 3.85. The van der Waals surface area contributed by atoms with E-state index < -0.39 is 28.5 Å². The number of carbonyl (C=O) groups excluding carboxylic acids is 2. The number of hydrogen-bond acceptors (Lipinski definition) is 7. The molecule has 0 bridgehead atoms. The van der Waals surface area contributed by atoms with Gasteiger partial charge in [-0.2, -0.15) is 0 Å². The van der Waals surface area contributed by atoms with Gasteiger partial charge in [0.05, 0.1) is 31.4 Å². The molecule has 11 heteroatoms. The van der Waals surface area contributed by atoms with E-state index in [1.807, 2.05) is 37.3 Å². The molecule has 0 aromatic heterocycles. The van der Waals surface area contributed by atoms with E-state index in [1.165, 1.54) is 44.4 Å². The lowest BCUT2D eigenvalue weighted by Crippen LogP contribution is -2.51. The monoisotopic (exact) mass is 583 g/mol. The second kappa shape index (κ2) is 14.4. The quantitative estimate of drug-likeness (QED) is 0.307. The number of carbonyl (C=O) groups is 2. The van der Waals surface area contributed by atoms with E-state index in [4.69, 9.17) is 14.2 Å². The maximum atomic E-state index is 14.1. The number of likely N-dealkylation sites (N-methyl/N-ethyl adjacent to an activating group) is 1. The summed E-state index contributed by atoms with van der Waals surface area (Å²) in [4.78, 5) is 28.1. The summed E-state index contributed by atoms with van der Waals surface area (Å²) in [6, 6.07) is 19.1. The first-order valence-corrected chi connectivity index (χ1v) is 14.7. The number of nitrogens with zero attached hydrogens (tertiary/aromatic N) is 2. The molecule has 0 radical (unpaired) electrons. The van der Waals surface area contributed by atoms with Crippen molar-refractivity contribution < 1.29 is 32.2 Å². The standard InChI is InChI=1S/C30H37N3O7S/c1-6-26(30(35)31-3)32(20-22-11-9-8-10-12-22)29(34)21-33(23-13-15-24(16-14-23)40-7-2)41(36,37)25-17-18-27(38-4)28(19-25)39-5/h8-19,26H,6-7,20-21H2,1-5H3,(H,31,35)/t26-/m0/s1. The Labute approximate surface area is 241 Å². The number of anilines is 1. The van der Waals surface area contributed by atoms with Crippen LogP contribution >= 0.6 is 0 Å². The van der Waals surface area contributed by atoms with E-state index in [2.05, 4.69) is 5.32 Å². The van der Waals surface area contributed by atoms with Crippen LogP contribution in [-0.4, -0.2) is 65.6 Å². The summed E-state index contributed by atoms with van der Waals surface area (Å²) in [5.74, 6) is 0.264. The highest BCUT2D eigenvalue weighted by molar-refractivity contribution is 7.92. The van der Waals surface area contributed by atoms with Crippen molar-refractivity contribution in [3.63, 3.8) is 0 Å². The molecule has 0 saturated carbocycles. The Morgan fingerprint density at radius 1 is 0.902 bits per heavy atom. The van der Waals surface area contributed by atoms with Gasteiger partial charge in [0.15, 0.2) is 11.5 Å². The lowest BCUT2D eigenvalue weighted by Gasteiger charge is -2.33. The molecule has 220 valence electrons. The first-order valence-electron chi connectivity index (χ1n) is 13.2. The van der Waals surface area contributed by atoms with Gasteiger partial charge in [0.1, 0.15) is 18.3 Å². The third-order valence-electron chi connectivity index (χ3n) is 6.49. The topological polar surface area (TPSA) is 114 Å². The van der Waals surface area contributed by atoms with Crippen LogP contribution in [-0.2, 0) is 26.2 Å². The molecule has 1 atom stereocenters. The smallest absolute Gasteiger partial charge is 0.264 e. The number of benzene rings is 3. The molecule has 0 saturated heterocycles. The van der Waals surface area contributed by atoms with Gasteiger partial charge in [0.2, 0.25) is 11.8 Å². The fraction of sp³-hybridized carbons (Fsp3) is 0.333. The molecule has 0 spiro atoms. The summed E-state index contributed by atoms with van der Waals surface area (Å²) in [5.41, 5.74) is 1.06. The average Bonchev–Trinajstić information content (AvgIpc) is 3.00. The minimum Gasteiger partial charge on any atom is -0.494 e. The second-order valence-electron chi connectivity index (χ2n) is 9.00. The largest absolute Gasteiger partial charge is 0.494 e. The van der Waals surface area contributed by atoms with Crippen LogP contribution in [0.4, 0.5) is 5.69 Å². The third kappa shape index (κ3) is 7.49. The highest BCUT2D eigenvalue weighted by atomic mass is 32.2. The average molecular weight is 584 g/mol. The molecule has 0 heterocycles. The zero-order valence-electron chi connectivity index (χ0n) is 24.0. The zero-order valence-corrected chi connectivity index (χ0v) is 24.8. The SMILES string of the molecule is CCOc1ccc(N(CC(=O)N(Cc2ccccc2)[C@@H](CC)C(=O)NC)S(=O)(=O)c2ccc(OC)c(OC)c2)cc1.